The van der Waals surface area contributed by atoms with Crippen LogP contribution in [0.2, 0.25) is 0 Å². The maximum absolute atomic E-state index is 12.4. The third-order valence-corrected chi connectivity index (χ3v) is 6.30. The van der Waals surface area contributed by atoms with E-state index < -0.39 is 0 Å². The Bertz CT molecular complexity index is 744. The van der Waals surface area contributed by atoms with Gasteiger partial charge in [0.25, 0.3) is 5.91 Å². The number of thiophene rings is 1. The normalized spacial score (nSPS) is 21.2. The van der Waals surface area contributed by atoms with Crippen LogP contribution in [0.4, 0.5) is 5.13 Å². The highest BCUT2D eigenvalue weighted by Gasteiger charge is 2.40. The number of anilines is 1. The summed E-state index contributed by atoms with van der Waals surface area (Å²) < 4.78 is 0. The molecule has 2 aliphatic rings. The van der Waals surface area contributed by atoms with E-state index >= 15 is 0 Å². The molecule has 2 saturated carbocycles. The van der Waals surface area contributed by atoms with Crippen LogP contribution in [0, 0.1) is 19.8 Å². The zero-order valence-electron chi connectivity index (χ0n) is 14.1. The number of rotatable bonds is 6. The first-order valence-corrected chi connectivity index (χ1v) is 9.68. The number of aryl methyl sites for hydroxylation is 2. The third kappa shape index (κ3) is 4.92. The molecule has 2 aliphatic carbocycles. The maximum atomic E-state index is 12.4. The van der Waals surface area contributed by atoms with E-state index in [0.29, 0.717) is 17.1 Å². The second kappa shape index (κ2) is 8.31. The Balaban J connectivity index is 0.00000113. The van der Waals surface area contributed by atoms with Gasteiger partial charge in [-0.1, -0.05) is 11.3 Å². The Kier molecular flexibility index (Phi) is 6.84. The highest BCUT2D eigenvalue weighted by molar-refractivity contribution is 7.16. The Hall–Kier alpha value is -0.730. The molecule has 4 rings (SSSR count). The van der Waals surface area contributed by atoms with Gasteiger partial charge in [0.2, 0.25) is 5.13 Å². The van der Waals surface area contributed by atoms with Gasteiger partial charge >= 0.3 is 0 Å². The number of hydrogen-bond donors (Lipinski definition) is 2. The molecule has 0 bridgehead atoms. The molecule has 0 aliphatic heterocycles. The molecule has 2 aromatic rings. The van der Waals surface area contributed by atoms with Gasteiger partial charge in [0.15, 0.2) is 0 Å². The Morgan fingerprint density at radius 3 is 2.64 bits per heavy atom. The van der Waals surface area contributed by atoms with Crippen molar-refractivity contribution in [2.75, 3.05) is 11.9 Å². The van der Waals surface area contributed by atoms with Crippen molar-refractivity contribution in [2.24, 2.45) is 5.92 Å². The number of amides is 1. The molecule has 2 fully saturated rings. The van der Waals surface area contributed by atoms with Crippen LogP contribution >= 0.6 is 47.5 Å². The lowest BCUT2D eigenvalue weighted by molar-refractivity contribution is 0.103. The zero-order valence-corrected chi connectivity index (χ0v) is 17.3. The second-order valence-electron chi connectivity index (χ2n) is 6.50. The molecule has 2 unspecified atom stereocenters. The first-order valence-electron chi connectivity index (χ1n) is 8.05. The van der Waals surface area contributed by atoms with Gasteiger partial charge in [-0.3, -0.25) is 10.1 Å². The fraction of sp³-hybridized carbons (Fsp3) is 0.562. The number of nitrogens with one attached hydrogen (secondary N) is 2. The quantitative estimate of drug-likeness (QED) is 0.735. The number of aromatic nitrogens is 2. The average molecular weight is 421 g/mol. The smallest absolute Gasteiger partial charge is 0.267 e. The van der Waals surface area contributed by atoms with Gasteiger partial charge in [0.05, 0.1) is 4.88 Å². The molecule has 0 saturated heterocycles. The van der Waals surface area contributed by atoms with Crippen LogP contribution in [0.1, 0.15) is 50.3 Å². The topological polar surface area (TPSA) is 66.9 Å². The summed E-state index contributed by atoms with van der Waals surface area (Å²) in [5, 5.41) is 15.8. The zero-order chi connectivity index (χ0) is 16.0. The molecule has 2 atom stereocenters. The molecule has 5 nitrogen and oxygen atoms in total. The first kappa shape index (κ1) is 20.6. The van der Waals surface area contributed by atoms with Crippen molar-refractivity contribution < 1.29 is 4.79 Å². The van der Waals surface area contributed by atoms with E-state index in [2.05, 4.69) is 33.8 Å². The summed E-state index contributed by atoms with van der Waals surface area (Å²) in [6.45, 7) is 5.15. The van der Waals surface area contributed by atoms with Crippen molar-refractivity contribution in [3.8, 4) is 0 Å². The molecule has 0 spiro atoms. The number of hydrogen-bond acceptors (Lipinski definition) is 6. The molecule has 2 N–H and O–H groups in total. The third-order valence-electron chi connectivity index (χ3n) is 4.48. The van der Waals surface area contributed by atoms with Gasteiger partial charge in [0.1, 0.15) is 5.01 Å². The summed E-state index contributed by atoms with van der Waals surface area (Å²) in [6.07, 6.45) is 3.97. The lowest BCUT2D eigenvalue weighted by Gasteiger charge is -2.02. The van der Waals surface area contributed by atoms with Crippen molar-refractivity contribution >= 4 is 58.5 Å². The summed E-state index contributed by atoms with van der Waals surface area (Å²) in [6, 6.07) is 2.66. The van der Waals surface area contributed by atoms with Crippen LogP contribution in [0.3, 0.4) is 0 Å². The molecule has 2 aromatic heterocycles. The first-order chi connectivity index (χ1) is 11.1. The maximum Gasteiger partial charge on any atom is 0.267 e. The van der Waals surface area contributed by atoms with E-state index in [4.69, 9.17) is 0 Å². The summed E-state index contributed by atoms with van der Waals surface area (Å²) in [5.41, 5.74) is 1.34. The van der Waals surface area contributed by atoms with Crippen molar-refractivity contribution in [3.05, 3.63) is 26.4 Å². The van der Waals surface area contributed by atoms with Crippen LogP contribution in [0.5, 0.6) is 0 Å². The lowest BCUT2D eigenvalue weighted by Crippen LogP contribution is -2.20. The molecular weight excluding hydrogens is 399 g/mol. The highest BCUT2D eigenvalue weighted by atomic mass is 35.5. The van der Waals surface area contributed by atoms with Gasteiger partial charge in [-0.2, -0.15) is 0 Å². The Morgan fingerprint density at radius 1 is 1.24 bits per heavy atom. The molecule has 25 heavy (non-hydrogen) atoms. The minimum absolute atomic E-state index is 0. The standard InChI is InChI=1S/C16H20N4OS2.2ClH/c1-8-11(12-5-13(12)17-7-10-3-4-10)6-14(22-8)15(21)18-16-20-19-9(2)23-16;;/h6,10,12-13,17H,3-5,7H2,1-2H3,(H,18,20,21);2*1H. The number of nitrogens with zero attached hydrogens (tertiary/aromatic N) is 2. The number of carbonyl (C=O) groups excluding carboxylic acids is 1. The SMILES string of the molecule is Cc1nnc(NC(=O)c2cc(C3CC3NCC3CC3)c(C)s2)s1.Cl.Cl. The van der Waals surface area contributed by atoms with Gasteiger partial charge in [-0.25, -0.2) is 0 Å². The van der Waals surface area contributed by atoms with Crippen LogP contribution in [-0.2, 0) is 0 Å². The van der Waals surface area contributed by atoms with E-state index in [1.54, 1.807) is 11.3 Å². The monoisotopic (exact) mass is 420 g/mol. The highest BCUT2D eigenvalue weighted by Crippen LogP contribution is 2.45. The molecule has 9 heteroatoms. The molecular formula is C16H22Cl2N4OS2. The van der Waals surface area contributed by atoms with E-state index in [1.807, 2.05) is 6.92 Å². The molecule has 1 amide bonds. The second-order valence-corrected chi connectivity index (χ2v) is 8.94. The van der Waals surface area contributed by atoms with Crippen LogP contribution in [-0.4, -0.2) is 28.7 Å². The summed E-state index contributed by atoms with van der Waals surface area (Å²) >= 11 is 2.97. The summed E-state index contributed by atoms with van der Waals surface area (Å²) in [5.74, 6) is 1.41. The van der Waals surface area contributed by atoms with Crippen molar-refractivity contribution in [1.82, 2.24) is 15.5 Å². The predicted molar refractivity (Wildman–Crippen MR) is 108 cm³/mol. The van der Waals surface area contributed by atoms with Crippen LogP contribution in [0.15, 0.2) is 6.07 Å². The van der Waals surface area contributed by atoms with Crippen LogP contribution < -0.4 is 10.6 Å². The molecule has 0 aromatic carbocycles. The minimum atomic E-state index is -0.0800. The fourth-order valence-corrected chi connectivity index (χ4v) is 4.46. The Morgan fingerprint density at radius 2 is 2.00 bits per heavy atom. The summed E-state index contributed by atoms with van der Waals surface area (Å²) in [4.78, 5) is 14.4. The van der Waals surface area contributed by atoms with E-state index in [1.165, 1.54) is 41.0 Å². The fourth-order valence-electron chi connectivity index (χ4n) is 2.89. The average Bonchev–Trinajstić information content (AvgIpc) is 3.41. The van der Waals surface area contributed by atoms with E-state index in [9.17, 15) is 4.79 Å². The predicted octanol–water partition coefficient (Wildman–Crippen LogP) is 4.17. The minimum Gasteiger partial charge on any atom is -0.313 e. The largest absolute Gasteiger partial charge is 0.313 e. The lowest BCUT2D eigenvalue weighted by atomic mass is 10.1. The van der Waals surface area contributed by atoms with E-state index in [-0.39, 0.29) is 30.7 Å². The van der Waals surface area contributed by atoms with Crippen molar-refractivity contribution in [2.45, 2.75) is 45.1 Å². The van der Waals surface area contributed by atoms with Crippen molar-refractivity contribution in [1.29, 1.82) is 0 Å². The van der Waals surface area contributed by atoms with Gasteiger partial charge in [0, 0.05) is 16.8 Å². The van der Waals surface area contributed by atoms with Gasteiger partial charge in [-0.15, -0.1) is 46.3 Å². The van der Waals surface area contributed by atoms with Gasteiger partial charge < -0.3 is 5.32 Å². The Labute approximate surface area is 167 Å². The summed E-state index contributed by atoms with van der Waals surface area (Å²) in [7, 11) is 0. The number of halogens is 2. The van der Waals surface area contributed by atoms with Crippen molar-refractivity contribution in [3.63, 3.8) is 0 Å². The molecule has 138 valence electrons. The van der Waals surface area contributed by atoms with Crippen LogP contribution in [0.25, 0.3) is 0 Å². The van der Waals surface area contributed by atoms with Gasteiger partial charge in [-0.05, 0) is 57.2 Å². The van der Waals surface area contributed by atoms with E-state index in [0.717, 1.165) is 22.3 Å². The molecule has 2 heterocycles. The molecule has 0 radical (unpaired) electrons. The number of carbonyl (C=O) groups is 1.